The highest BCUT2D eigenvalue weighted by Gasteiger charge is 2.25. The number of aldehydes is 1. The zero-order valence-corrected chi connectivity index (χ0v) is 15.6. The van der Waals surface area contributed by atoms with Crippen molar-refractivity contribution in [2.45, 2.75) is 33.1 Å². The van der Waals surface area contributed by atoms with Gasteiger partial charge < -0.3 is 9.14 Å². The summed E-state index contributed by atoms with van der Waals surface area (Å²) in [4.78, 5) is 24.5. The van der Waals surface area contributed by atoms with Gasteiger partial charge in [-0.05, 0) is 35.6 Å². The molecule has 4 heteroatoms. The molecule has 3 aromatic rings. The maximum Gasteiger partial charge on any atom is 0.340 e. The van der Waals surface area contributed by atoms with E-state index in [0.29, 0.717) is 22.3 Å². The minimum absolute atomic E-state index is 0.0292. The molecule has 2 aromatic heterocycles. The van der Waals surface area contributed by atoms with E-state index in [9.17, 15) is 9.59 Å². The molecule has 0 amide bonds. The Morgan fingerprint density at radius 3 is 2.38 bits per heavy atom. The van der Waals surface area contributed by atoms with Crippen molar-refractivity contribution < 1.29 is 14.3 Å². The molecule has 2 heterocycles. The molecule has 0 aliphatic heterocycles. The second kappa shape index (κ2) is 6.79. The van der Waals surface area contributed by atoms with Crippen LogP contribution in [0.15, 0.2) is 48.7 Å². The summed E-state index contributed by atoms with van der Waals surface area (Å²) in [5.41, 5.74) is 4.21. The Morgan fingerprint density at radius 1 is 1.12 bits per heavy atom. The van der Waals surface area contributed by atoms with Gasteiger partial charge in [-0.15, -0.1) is 0 Å². The van der Waals surface area contributed by atoms with Crippen LogP contribution >= 0.6 is 0 Å². The number of hydrogen-bond donors (Lipinski definition) is 0. The highest BCUT2D eigenvalue weighted by atomic mass is 16.5. The van der Waals surface area contributed by atoms with E-state index in [1.165, 1.54) is 5.56 Å². The molecule has 0 fully saturated rings. The van der Waals surface area contributed by atoms with E-state index in [1.54, 1.807) is 17.5 Å². The Kier molecular flexibility index (Phi) is 4.68. The molecule has 0 aliphatic carbocycles. The van der Waals surface area contributed by atoms with Crippen LogP contribution in [-0.4, -0.2) is 23.3 Å². The highest BCUT2D eigenvalue weighted by Crippen LogP contribution is 2.34. The molecular weight excluding hydrogens is 326 g/mol. The number of hydrogen-bond acceptors (Lipinski definition) is 3. The lowest BCUT2D eigenvalue weighted by atomic mass is 9.86. The topological polar surface area (TPSA) is 47.8 Å². The molecule has 0 saturated carbocycles. The van der Waals surface area contributed by atoms with Crippen molar-refractivity contribution >= 4 is 17.8 Å². The summed E-state index contributed by atoms with van der Waals surface area (Å²) < 4.78 is 7.01. The third kappa shape index (κ3) is 3.03. The number of carbonyl (C=O) groups is 2. The lowest BCUT2D eigenvalue weighted by molar-refractivity contribution is 0.0529. The van der Waals surface area contributed by atoms with Crippen molar-refractivity contribution in [3.63, 3.8) is 0 Å². The Labute approximate surface area is 153 Å². The van der Waals surface area contributed by atoms with Gasteiger partial charge in [0.2, 0.25) is 0 Å². The number of aromatic nitrogens is 1. The maximum absolute atomic E-state index is 12.7. The molecule has 4 nitrogen and oxygen atoms in total. The molecule has 0 aliphatic rings. The third-order valence-electron chi connectivity index (χ3n) is 4.51. The zero-order valence-electron chi connectivity index (χ0n) is 15.6. The second-order valence-corrected chi connectivity index (χ2v) is 7.26. The lowest BCUT2D eigenvalue weighted by Crippen LogP contribution is -2.10. The number of rotatable bonds is 4. The largest absolute Gasteiger partial charge is 0.462 e. The van der Waals surface area contributed by atoms with Gasteiger partial charge in [-0.1, -0.05) is 51.1 Å². The summed E-state index contributed by atoms with van der Waals surface area (Å²) >= 11 is 0. The molecule has 134 valence electrons. The van der Waals surface area contributed by atoms with Crippen LogP contribution in [0.3, 0.4) is 0 Å². The van der Waals surface area contributed by atoms with Gasteiger partial charge in [0.25, 0.3) is 0 Å². The van der Waals surface area contributed by atoms with Gasteiger partial charge in [0.15, 0.2) is 6.29 Å². The summed E-state index contributed by atoms with van der Waals surface area (Å²) in [5.74, 6) is -0.417. The van der Waals surface area contributed by atoms with E-state index in [2.05, 4.69) is 20.8 Å². The summed E-state index contributed by atoms with van der Waals surface area (Å²) in [6.07, 6.45) is 2.58. The fraction of sp³-hybridized carbons (Fsp3) is 0.273. The predicted octanol–water partition coefficient (Wildman–Crippen LogP) is 4.89. The lowest BCUT2D eigenvalue weighted by Gasteiger charge is -2.19. The summed E-state index contributed by atoms with van der Waals surface area (Å²) in [5, 5.41) is 0. The first-order chi connectivity index (χ1) is 12.4. The van der Waals surface area contributed by atoms with Crippen molar-refractivity contribution in [3.05, 3.63) is 65.5 Å². The van der Waals surface area contributed by atoms with Crippen LogP contribution in [-0.2, 0) is 10.2 Å². The molecular formula is C22H23NO3. The third-order valence-corrected chi connectivity index (χ3v) is 4.51. The molecule has 1 aromatic carbocycles. The summed E-state index contributed by atoms with van der Waals surface area (Å²) in [6, 6.07) is 13.5. The molecule has 0 saturated heterocycles. The fourth-order valence-electron chi connectivity index (χ4n) is 3.19. The number of fused-ring (bicyclic) bond motifs is 1. The van der Waals surface area contributed by atoms with E-state index in [1.807, 2.05) is 42.5 Å². The quantitative estimate of drug-likeness (QED) is 0.497. The van der Waals surface area contributed by atoms with Crippen LogP contribution in [0, 0.1) is 0 Å². The number of carbonyl (C=O) groups excluding carboxylic acids is 2. The van der Waals surface area contributed by atoms with Gasteiger partial charge in [0.05, 0.1) is 23.4 Å². The van der Waals surface area contributed by atoms with Crippen LogP contribution in [0.2, 0.25) is 0 Å². The predicted molar refractivity (Wildman–Crippen MR) is 103 cm³/mol. The van der Waals surface area contributed by atoms with Crippen molar-refractivity contribution in [2.24, 2.45) is 0 Å². The van der Waals surface area contributed by atoms with Crippen molar-refractivity contribution in [1.82, 2.24) is 4.40 Å². The van der Waals surface area contributed by atoms with E-state index in [0.717, 1.165) is 11.8 Å². The van der Waals surface area contributed by atoms with Crippen LogP contribution in [0.1, 0.15) is 54.1 Å². The fourth-order valence-corrected chi connectivity index (χ4v) is 3.19. The zero-order chi connectivity index (χ0) is 18.9. The molecule has 0 spiro atoms. The van der Waals surface area contributed by atoms with E-state index in [4.69, 9.17) is 4.74 Å². The molecule has 26 heavy (non-hydrogen) atoms. The Morgan fingerprint density at radius 2 is 1.81 bits per heavy atom. The van der Waals surface area contributed by atoms with Crippen molar-refractivity contribution in [2.75, 3.05) is 6.61 Å². The van der Waals surface area contributed by atoms with Crippen LogP contribution in [0.4, 0.5) is 0 Å². The van der Waals surface area contributed by atoms with Crippen molar-refractivity contribution in [3.8, 4) is 11.1 Å². The number of benzene rings is 1. The molecule has 0 bridgehead atoms. The standard InChI is InChI=1S/C22H23NO3/c1-5-26-21(25)20-17-8-6-7-13-23(17)18(14-24)19(20)15-9-11-16(12-10-15)22(2,3)4/h6-14H,5H2,1-4H3. The van der Waals surface area contributed by atoms with Gasteiger partial charge in [-0.2, -0.15) is 0 Å². The van der Waals surface area contributed by atoms with E-state index < -0.39 is 5.97 Å². The normalized spacial score (nSPS) is 11.5. The monoisotopic (exact) mass is 349 g/mol. The van der Waals surface area contributed by atoms with Gasteiger partial charge >= 0.3 is 5.97 Å². The second-order valence-electron chi connectivity index (χ2n) is 7.26. The Hall–Kier alpha value is -2.88. The first-order valence-electron chi connectivity index (χ1n) is 8.74. The van der Waals surface area contributed by atoms with Gasteiger partial charge in [-0.3, -0.25) is 4.79 Å². The van der Waals surface area contributed by atoms with E-state index in [-0.39, 0.29) is 12.0 Å². The maximum atomic E-state index is 12.7. The van der Waals surface area contributed by atoms with Crippen LogP contribution in [0.25, 0.3) is 16.6 Å². The molecule has 0 unspecified atom stereocenters. The highest BCUT2D eigenvalue weighted by molar-refractivity contribution is 6.09. The van der Waals surface area contributed by atoms with Crippen LogP contribution < -0.4 is 0 Å². The summed E-state index contributed by atoms with van der Waals surface area (Å²) in [6.45, 7) is 8.50. The molecule has 0 radical (unpaired) electrons. The smallest absolute Gasteiger partial charge is 0.340 e. The average Bonchev–Trinajstić information content (AvgIpc) is 2.95. The summed E-state index contributed by atoms with van der Waals surface area (Å²) in [7, 11) is 0. The number of esters is 1. The number of nitrogens with zero attached hydrogens (tertiary/aromatic N) is 1. The molecule has 3 rings (SSSR count). The van der Waals surface area contributed by atoms with Crippen LogP contribution in [0.5, 0.6) is 0 Å². The Balaban J connectivity index is 2.28. The Bertz CT molecular complexity index is 959. The SMILES string of the molecule is CCOC(=O)c1c(-c2ccc(C(C)(C)C)cc2)c(C=O)n2ccccc12. The van der Waals surface area contributed by atoms with Gasteiger partial charge in [0, 0.05) is 11.8 Å². The number of pyridine rings is 1. The molecule has 0 N–H and O–H groups in total. The average molecular weight is 349 g/mol. The number of ether oxygens (including phenoxy) is 1. The first kappa shape index (κ1) is 17.9. The minimum atomic E-state index is -0.417. The van der Waals surface area contributed by atoms with Gasteiger partial charge in [0.1, 0.15) is 0 Å². The van der Waals surface area contributed by atoms with Crippen molar-refractivity contribution in [1.29, 1.82) is 0 Å². The minimum Gasteiger partial charge on any atom is -0.462 e. The van der Waals surface area contributed by atoms with E-state index >= 15 is 0 Å². The first-order valence-corrected chi connectivity index (χ1v) is 8.74. The molecule has 0 atom stereocenters. The van der Waals surface area contributed by atoms with Gasteiger partial charge in [-0.25, -0.2) is 4.79 Å².